The summed E-state index contributed by atoms with van der Waals surface area (Å²) < 4.78 is 24.1. The van der Waals surface area contributed by atoms with Gasteiger partial charge in [-0.3, -0.25) is 14.1 Å². The SMILES string of the molecule is C=C(C)C1=C(/C=C\C)CO[P+](O)(OCC2CCC(n3cc(Cl)c(=S)[nH]c3=O)O2)O1. The highest BCUT2D eigenvalue weighted by atomic mass is 35.5. The molecule has 2 N–H and O–H groups in total. The topological polar surface area (TPSA) is 94.9 Å². The van der Waals surface area contributed by atoms with Crippen molar-refractivity contribution in [3.05, 3.63) is 62.0 Å². The van der Waals surface area contributed by atoms with E-state index >= 15 is 0 Å². The van der Waals surface area contributed by atoms with Gasteiger partial charge in [-0.05, 0) is 32.3 Å². The standard InChI is InChI=1S/C18H22ClN2O6PS/c1-4-5-12-9-24-28(23,27-16(12)11(2)3)25-10-13-6-7-15(26-13)21-8-14(19)17(29)20-18(21)22/h4-5,8,13,15,23H,2,6-7,9-10H2,1,3H3/p+1/b5-4-. The van der Waals surface area contributed by atoms with Crippen LogP contribution in [0.3, 0.4) is 0 Å². The highest BCUT2D eigenvalue weighted by Gasteiger charge is 2.51. The number of H-pyrrole nitrogens is 1. The van der Waals surface area contributed by atoms with Crippen LogP contribution in [0.4, 0.5) is 0 Å². The third kappa shape index (κ3) is 5.24. The number of nitrogens with one attached hydrogen (secondary N) is 1. The second-order valence-electron chi connectivity index (χ2n) is 6.70. The fourth-order valence-electron chi connectivity index (χ4n) is 3.02. The second kappa shape index (κ2) is 9.22. The molecule has 158 valence electrons. The monoisotopic (exact) mass is 461 g/mol. The van der Waals surface area contributed by atoms with E-state index in [2.05, 4.69) is 11.6 Å². The van der Waals surface area contributed by atoms with Crippen molar-refractivity contribution in [3.63, 3.8) is 0 Å². The van der Waals surface area contributed by atoms with Crippen LogP contribution < -0.4 is 5.69 Å². The molecule has 1 fully saturated rings. The molecule has 0 spiro atoms. The lowest BCUT2D eigenvalue weighted by Crippen LogP contribution is -2.28. The van der Waals surface area contributed by atoms with E-state index in [1.165, 1.54) is 10.8 Å². The van der Waals surface area contributed by atoms with Crippen LogP contribution in [-0.4, -0.2) is 33.8 Å². The molecular formula is C18H23ClN2O6PS+. The molecule has 8 nitrogen and oxygen atoms in total. The van der Waals surface area contributed by atoms with Gasteiger partial charge in [-0.25, -0.2) is 4.79 Å². The van der Waals surface area contributed by atoms with E-state index in [0.29, 0.717) is 24.2 Å². The van der Waals surface area contributed by atoms with Crippen LogP contribution in [0.2, 0.25) is 5.02 Å². The number of aromatic amines is 1. The number of halogens is 1. The molecule has 2 aliphatic heterocycles. The molecule has 0 aliphatic carbocycles. The maximum atomic E-state index is 12.1. The summed E-state index contributed by atoms with van der Waals surface area (Å²) in [5, 5.41) is 0.267. The molecule has 11 heteroatoms. The summed E-state index contributed by atoms with van der Waals surface area (Å²) in [6.45, 7) is 7.75. The fourth-order valence-corrected chi connectivity index (χ4v) is 4.66. The first-order valence-electron chi connectivity index (χ1n) is 9.01. The summed E-state index contributed by atoms with van der Waals surface area (Å²) >= 11 is 11.0. The Bertz CT molecular complexity index is 974. The van der Waals surface area contributed by atoms with Crippen molar-refractivity contribution in [2.75, 3.05) is 13.2 Å². The third-order valence-corrected chi connectivity index (χ3v) is 6.44. The first-order chi connectivity index (χ1) is 13.7. The van der Waals surface area contributed by atoms with E-state index in [4.69, 9.17) is 42.1 Å². The Morgan fingerprint density at radius 3 is 3.03 bits per heavy atom. The lowest BCUT2D eigenvalue weighted by atomic mass is 10.1. The van der Waals surface area contributed by atoms with Gasteiger partial charge in [-0.15, -0.1) is 9.05 Å². The molecule has 3 atom stereocenters. The fraction of sp³-hybridized carbons (Fsp3) is 0.444. The maximum absolute atomic E-state index is 12.1. The Morgan fingerprint density at radius 2 is 2.34 bits per heavy atom. The summed E-state index contributed by atoms with van der Waals surface area (Å²) in [5.41, 5.74) is 1.05. The normalized spacial score (nSPS) is 27.4. The molecule has 0 bridgehead atoms. The Morgan fingerprint density at radius 1 is 1.59 bits per heavy atom. The van der Waals surface area contributed by atoms with Crippen molar-refractivity contribution in [1.82, 2.24) is 9.55 Å². The van der Waals surface area contributed by atoms with Crippen molar-refractivity contribution in [1.29, 1.82) is 0 Å². The van der Waals surface area contributed by atoms with Gasteiger partial charge < -0.3 is 4.74 Å². The molecule has 3 rings (SSSR count). The predicted octanol–water partition coefficient (Wildman–Crippen LogP) is 4.38. The minimum atomic E-state index is -3.54. The number of aromatic nitrogens is 2. The molecule has 1 aromatic heterocycles. The average Bonchev–Trinajstić information content (AvgIpc) is 3.14. The molecule has 1 saturated heterocycles. The Labute approximate surface area is 179 Å². The highest BCUT2D eigenvalue weighted by molar-refractivity contribution is 7.71. The van der Waals surface area contributed by atoms with Gasteiger partial charge in [0.15, 0.2) is 5.76 Å². The number of ether oxygens (including phenoxy) is 1. The third-order valence-electron chi connectivity index (χ3n) is 4.38. The van der Waals surface area contributed by atoms with Crippen LogP contribution in [0, 0.1) is 4.64 Å². The van der Waals surface area contributed by atoms with Crippen molar-refractivity contribution >= 4 is 32.0 Å². The van der Waals surface area contributed by atoms with Crippen LogP contribution >= 0.6 is 32.0 Å². The number of rotatable bonds is 6. The Kier molecular flexibility index (Phi) is 7.11. The van der Waals surface area contributed by atoms with Crippen molar-refractivity contribution in [3.8, 4) is 0 Å². The molecule has 0 aromatic carbocycles. The molecular weight excluding hydrogens is 439 g/mol. The van der Waals surface area contributed by atoms with E-state index in [-0.39, 0.29) is 29.0 Å². The van der Waals surface area contributed by atoms with Gasteiger partial charge in [0.1, 0.15) is 24.1 Å². The van der Waals surface area contributed by atoms with Gasteiger partial charge in [0.25, 0.3) is 0 Å². The summed E-state index contributed by atoms with van der Waals surface area (Å²) in [4.78, 5) is 25.2. The predicted molar refractivity (Wildman–Crippen MR) is 113 cm³/mol. The number of allylic oxidation sites excluding steroid dienone is 2. The van der Waals surface area contributed by atoms with E-state index in [1.54, 1.807) is 6.92 Å². The van der Waals surface area contributed by atoms with Crippen LogP contribution in [0.25, 0.3) is 0 Å². The smallest absolute Gasteiger partial charge is 0.352 e. The molecule has 29 heavy (non-hydrogen) atoms. The summed E-state index contributed by atoms with van der Waals surface area (Å²) in [5.74, 6) is 0.469. The minimum absolute atomic E-state index is 0.0501. The summed E-state index contributed by atoms with van der Waals surface area (Å²) in [6, 6.07) is 0. The highest BCUT2D eigenvalue weighted by Crippen LogP contribution is 2.63. The first-order valence-corrected chi connectivity index (χ1v) is 11.3. The molecule has 0 amide bonds. The van der Waals surface area contributed by atoms with Crippen LogP contribution in [0.1, 0.15) is 32.9 Å². The van der Waals surface area contributed by atoms with Gasteiger partial charge in [0, 0.05) is 11.8 Å². The molecule has 1 aromatic rings. The van der Waals surface area contributed by atoms with Gasteiger partial charge in [-0.2, -0.15) is 4.89 Å². The van der Waals surface area contributed by atoms with Crippen molar-refractivity contribution < 1.29 is 23.2 Å². The van der Waals surface area contributed by atoms with Gasteiger partial charge in [0.05, 0.1) is 11.1 Å². The van der Waals surface area contributed by atoms with Crippen LogP contribution in [0.5, 0.6) is 0 Å². The lowest BCUT2D eigenvalue weighted by Gasteiger charge is -2.24. The number of nitrogens with zero attached hydrogens (tertiary/aromatic N) is 1. The molecule has 3 heterocycles. The van der Waals surface area contributed by atoms with E-state index in [1.807, 2.05) is 19.1 Å². The average molecular weight is 462 g/mol. The molecule has 3 unspecified atom stereocenters. The van der Waals surface area contributed by atoms with Gasteiger partial charge in [-0.1, -0.05) is 42.5 Å². The van der Waals surface area contributed by atoms with E-state index in [9.17, 15) is 9.69 Å². The first kappa shape index (κ1) is 22.4. The maximum Gasteiger partial charge on any atom is 0.619 e. The Balaban J connectivity index is 1.63. The minimum Gasteiger partial charge on any atom is -0.352 e. The zero-order valence-electron chi connectivity index (χ0n) is 16.1. The summed E-state index contributed by atoms with van der Waals surface area (Å²) in [7, 11) is -3.54. The van der Waals surface area contributed by atoms with Crippen LogP contribution in [-0.2, 0) is 18.3 Å². The zero-order valence-corrected chi connectivity index (χ0v) is 18.6. The molecule has 0 saturated carbocycles. The van der Waals surface area contributed by atoms with Crippen molar-refractivity contribution in [2.24, 2.45) is 0 Å². The second-order valence-corrected chi connectivity index (χ2v) is 9.15. The largest absolute Gasteiger partial charge is 0.619 e. The zero-order chi connectivity index (χ0) is 21.2. The number of hydrogen-bond acceptors (Lipinski definition) is 7. The van der Waals surface area contributed by atoms with Crippen molar-refractivity contribution in [2.45, 2.75) is 39.0 Å². The van der Waals surface area contributed by atoms with E-state index < -0.39 is 20.1 Å². The van der Waals surface area contributed by atoms with E-state index in [0.717, 1.165) is 5.57 Å². The molecule has 2 aliphatic rings. The summed E-state index contributed by atoms with van der Waals surface area (Å²) in [6.07, 6.45) is 5.50. The lowest BCUT2D eigenvalue weighted by molar-refractivity contribution is -0.0309. The number of hydrogen-bond donors (Lipinski definition) is 2. The quantitative estimate of drug-likeness (QED) is 0.479. The van der Waals surface area contributed by atoms with Gasteiger partial charge in [0.2, 0.25) is 0 Å². The van der Waals surface area contributed by atoms with Gasteiger partial charge >= 0.3 is 13.9 Å². The molecule has 0 radical (unpaired) electrons. The van der Waals surface area contributed by atoms with Crippen LogP contribution in [0.15, 0.2) is 46.6 Å². The Hall–Kier alpha value is -1.32.